The minimum atomic E-state index is -0.582. The van der Waals surface area contributed by atoms with Crippen molar-refractivity contribution in [1.82, 2.24) is 14.7 Å². The number of quaternary nitrogens is 1. The lowest BCUT2D eigenvalue weighted by atomic mass is 10.2. The summed E-state index contributed by atoms with van der Waals surface area (Å²) in [5.41, 5.74) is 2.87. The lowest BCUT2D eigenvalue weighted by molar-refractivity contribution is -0.883. The van der Waals surface area contributed by atoms with Gasteiger partial charge in [0.25, 0.3) is 0 Å². The van der Waals surface area contributed by atoms with Gasteiger partial charge in [-0.2, -0.15) is 16.9 Å². The molecule has 26 heavy (non-hydrogen) atoms. The number of benzene rings is 1. The molecule has 0 radical (unpaired) electrons. The standard InChI is InChI=1S/C18H21N5O2S/c1-21-7-9-22(10-8-21)18(25)17(24)19-16-14-11-26-12-15(14)20-23(16)13-5-3-2-4-6-13/h2-6H,7-12H2,1H3,(H,19,24)/p+1. The predicted octanol–water partition coefficient (Wildman–Crippen LogP) is -0.0855. The molecule has 1 saturated heterocycles. The van der Waals surface area contributed by atoms with Gasteiger partial charge < -0.3 is 15.1 Å². The van der Waals surface area contributed by atoms with E-state index in [1.54, 1.807) is 21.3 Å². The molecule has 2 amide bonds. The van der Waals surface area contributed by atoms with E-state index in [0.717, 1.165) is 41.5 Å². The zero-order chi connectivity index (χ0) is 18.1. The number of nitrogens with zero attached hydrogens (tertiary/aromatic N) is 3. The van der Waals surface area contributed by atoms with Gasteiger partial charge in [0.05, 0.1) is 44.6 Å². The smallest absolute Gasteiger partial charge is 0.315 e. The highest BCUT2D eigenvalue weighted by Gasteiger charge is 2.30. The van der Waals surface area contributed by atoms with Crippen LogP contribution in [0.15, 0.2) is 30.3 Å². The first-order chi connectivity index (χ1) is 12.6. The molecule has 1 aromatic heterocycles. The van der Waals surface area contributed by atoms with E-state index in [2.05, 4.69) is 17.5 Å². The Kier molecular flexibility index (Phi) is 4.69. The normalized spacial score (nSPS) is 17.2. The molecule has 2 N–H and O–H groups in total. The summed E-state index contributed by atoms with van der Waals surface area (Å²) in [6.45, 7) is 2.97. The van der Waals surface area contributed by atoms with Crippen molar-refractivity contribution < 1.29 is 14.5 Å². The van der Waals surface area contributed by atoms with Crippen LogP contribution in [0.5, 0.6) is 0 Å². The molecule has 8 heteroatoms. The van der Waals surface area contributed by atoms with Crippen molar-refractivity contribution in [2.45, 2.75) is 11.5 Å². The zero-order valence-electron chi connectivity index (χ0n) is 14.7. The summed E-state index contributed by atoms with van der Waals surface area (Å²) in [6.07, 6.45) is 0. The zero-order valence-corrected chi connectivity index (χ0v) is 15.5. The quantitative estimate of drug-likeness (QED) is 0.723. The Morgan fingerprint density at radius 2 is 1.88 bits per heavy atom. The summed E-state index contributed by atoms with van der Waals surface area (Å²) in [4.78, 5) is 28.2. The van der Waals surface area contributed by atoms with Crippen LogP contribution < -0.4 is 10.2 Å². The third-order valence-electron chi connectivity index (χ3n) is 4.88. The maximum atomic E-state index is 12.6. The molecule has 0 atom stereocenters. The van der Waals surface area contributed by atoms with Crippen LogP contribution in [0.2, 0.25) is 0 Å². The number of para-hydroxylation sites is 1. The van der Waals surface area contributed by atoms with E-state index in [4.69, 9.17) is 0 Å². The van der Waals surface area contributed by atoms with Crippen molar-refractivity contribution in [1.29, 1.82) is 0 Å². The number of thioether (sulfide) groups is 1. The van der Waals surface area contributed by atoms with E-state index in [1.165, 1.54) is 4.90 Å². The van der Waals surface area contributed by atoms with Gasteiger partial charge in [0.2, 0.25) is 0 Å². The van der Waals surface area contributed by atoms with E-state index >= 15 is 0 Å². The molecule has 1 fully saturated rings. The Morgan fingerprint density at radius 1 is 1.15 bits per heavy atom. The minimum absolute atomic E-state index is 0.460. The average molecular weight is 372 g/mol. The fourth-order valence-corrected chi connectivity index (χ4v) is 4.33. The Bertz CT molecular complexity index is 828. The summed E-state index contributed by atoms with van der Waals surface area (Å²) in [7, 11) is 2.10. The number of piperazine rings is 1. The van der Waals surface area contributed by atoms with Gasteiger partial charge in [-0.15, -0.1) is 0 Å². The molecule has 2 aromatic rings. The monoisotopic (exact) mass is 372 g/mol. The van der Waals surface area contributed by atoms with Gasteiger partial charge in [-0.05, 0) is 12.1 Å². The third-order valence-corrected chi connectivity index (χ3v) is 5.85. The average Bonchev–Trinajstić information content (AvgIpc) is 3.25. The molecule has 4 rings (SSSR count). The Hall–Kier alpha value is -2.32. The Balaban J connectivity index is 1.58. The fourth-order valence-electron chi connectivity index (χ4n) is 3.29. The number of carbonyl (C=O) groups is 2. The number of fused-ring (bicyclic) bond motifs is 1. The largest absolute Gasteiger partial charge is 0.334 e. The second-order valence-corrected chi connectivity index (χ2v) is 7.70. The number of hydrogen-bond acceptors (Lipinski definition) is 4. The van der Waals surface area contributed by atoms with Crippen molar-refractivity contribution in [3.8, 4) is 5.69 Å². The van der Waals surface area contributed by atoms with Gasteiger partial charge >= 0.3 is 11.8 Å². The van der Waals surface area contributed by atoms with Crippen molar-refractivity contribution in [3.63, 3.8) is 0 Å². The van der Waals surface area contributed by atoms with Crippen molar-refractivity contribution in [2.24, 2.45) is 0 Å². The lowest BCUT2D eigenvalue weighted by Crippen LogP contribution is -3.12. The first kappa shape index (κ1) is 17.1. The predicted molar refractivity (Wildman–Crippen MR) is 100 cm³/mol. The highest BCUT2D eigenvalue weighted by atomic mass is 32.2. The number of likely N-dealkylation sites (N-methyl/N-ethyl adjacent to an activating group) is 1. The van der Waals surface area contributed by atoms with Crippen molar-refractivity contribution >= 4 is 29.4 Å². The van der Waals surface area contributed by atoms with Gasteiger partial charge in [-0.25, -0.2) is 4.68 Å². The third kappa shape index (κ3) is 3.22. The molecular formula is C18H22N5O2S+. The van der Waals surface area contributed by atoms with Gasteiger partial charge in [-0.3, -0.25) is 9.59 Å². The molecular weight excluding hydrogens is 350 g/mol. The Labute approximate surface area is 156 Å². The summed E-state index contributed by atoms with van der Waals surface area (Å²) in [6, 6.07) is 9.68. The number of rotatable bonds is 2. The molecule has 136 valence electrons. The first-order valence-electron chi connectivity index (χ1n) is 8.79. The maximum absolute atomic E-state index is 12.6. The number of amides is 2. The summed E-state index contributed by atoms with van der Waals surface area (Å²) < 4.78 is 1.74. The van der Waals surface area contributed by atoms with E-state index in [0.29, 0.717) is 18.9 Å². The minimum Gasteiger partial charge on any atom is -0.334 e. The number of carbonyl (C=O) groups excluding carboxylic acids is 2. The van der Waals surface area contributed by atoms with Crippen LogP contribution >= 0.6 is 11.8 Å². The molecule has 3 heterocycles. The van der Waals surface area contributed by atoms with Crippen molar-refractivity contribution in [2.75, 3.05) is 38.5 Å². The van der Waals surface area contributed by atoms with Crippen LogP contribution in [0, 0.1) is 0 Å². The molecule has 1 aromatic carbocycles. The van der Waals surface area contributed by atoms with E-state index in [1.807, 2.05) is 30.3 Å². The van der Waals surface area contributed by atoms with Gasteiger partial charge in [-0.1, -0.05) is 18.2 Å². The van der Waals surface area contributed by atoms with E-state index in [9.17, 15) is 9.59 Å². The SMILES string of the molecule is C[NH+]1CCN(C(=O)C(=O)Nc2c3c(nn2-c2ccccc2)CSC3)CC1. The van der Waals surface area contributed by atoms with Crippen LogP contribution in [-0.2, 0) is 21.1 Å². The number of nitrogens with one attached hydrogen (secondary N) is 2. The molecule has 7 nitrogen and oxygen atoms in total. The highest BCUT2D eigenvalue weighted by molar-refractivity contribution is 7.98. The molecule has 0 spiro atoms. The highest BCUT2D eigenvalue weighted by Crippen LogP contribution is 2.36. The van der Waals surface area contributed by atoms with E-state index in [-0.39, 0.29) is 0 Å². The van der Waals surface area contributed by atoms with Gasteiger partial charge in [0, 0.05) is 17.1 Å². The van der Waals surface area contributed by atoms with Crippen LogP contribution in [0.3, 0.4) is 0 Å². The number of aromatic nitrogens is 2. The topological polar surface area (TPSA) is 71.7 Å². The summed E-state index contributed by atoms with van der Waals surface area (Å²) >= 11 is 1.77. The van der Waals surface area contributed by atoms with Crippen molar-refractivity contribution in [3.05, 3.63) is 41.6 Å². The Morgan fingerprint density at radius 3 is 2.62 bits per heavy atom. The van der Waals surface area contributed by atoms with Crippen LogP contribution in [0.25, 0.3) is 5.69 Å². The molecule has 2 aliphatic heterocycles. The molecule has 0 aliphatic carbocycles. The van der Waals surface area contributed by atoms with Gasteiger partial charge in [0.15, 0.2) is 0 Å². The van der Waals surface area contributed by atoms with Crippen LogP contribution in [0.4, 0.5) is 5.82 Å². The maximum Gasteiger partial charge on any atom is 0.315 e. The lowest BCUT2D eigenvalue weighted by Gasteiger charge is -2.29. The molecule has 2 aliphatic rings. The second kappa shape index (κ2) is 7.13. The molecule has 0 unspecified atom stereocenters. The van der Waals surface area contributed by atoms with Crippen LogP contribution in [0.1, 0.15) is 11.3 Å². The second-order valence-electron chi connectivity index (χ2n) is 6.72. The summed E-state index contributed by atoms with van der Waals surface area (Å²) in [5, 5.41) is 7.50. The van der Waals surface area contributed by atoms with Gasteiger partial charge in [0.1, 0.15) is 5.82 Å². The summed E-state index contributed by atoms with van der Waals surface area (Å²) in [5.74, 6) is 1.20. The molecule has 0 saturated carbocycles. The van der Waals surface area contributed by atoms with Crippen LogP contribution in [-0.4, -0.2) is 59.7 Å². The fraction of sp³-hybridized carbons (Fsp3) is 0.389. The molecule has 0 bridgehead atoms. The van der Waals surface area contributed by atoms with E-state index < -0.39 is 11.8 Å². The number of hydrogen-bond donors (Lipinski definition) is 2. The number of anilines is 1. The first-order valence-corrected chi connectivity index (χ1v) is 9.94.